The number of aromatic nitrogens is 3. The Labute approximate surface area is 158 Å². The monoisotopic (exact) mass is 387 g/mol. The van der Waals surface area contributed by atoms with E-state index in [1.54, 1.807) is 40.6 Å². The van der Waals surface area contributed by atoms with E-state index in [2.05, 4.69) is 22.3 Å². The van der Waals surface area contributed by atoms with Crippen molar-refractivity contribution in [3.05, 3.63) is 71.5 Å². The predicted molar refractivity (Wildman–Crippen MR) is 104 cm³/mol. The standard InChI is InChI=1S/C19H21N3O2S2/c1-15-8-10-17(11-9-15)26(23,24)14-18-20-21-19(22(18)2)25-13-12-16-6-4-3-5-7-16/h3-11H,12-14H2,1-2H3. The Morgan fingerprint density at radius 3 is 2.38 bits per heavy atom. The number of hydrogen-bond acceptors (Lipinski definition) is 5. The number of sulfone groups is 1. The van der Waals surface area contributed by atoms with Crippen molar-refractivity contribution in [3.8, 4) is 0 Å². The molecule has 3 rings (SSSR count). The SMILES string of the molecule is Cc1ccc(S(=O)(=O)Cc2nnc(SCCc3ccccc3)n2C)cc1. The maximum atomic E-state index is 12.6. The van der Waals surface area contributed by atoms with E-state index in [0.717, 1.165) is 22.9 Å². The van der Waals surface area contributed by atoms with Gasteiger partial charge in [-0.15, -0.1) is 10.2 Å². The van der Waals surface area contributed by atoms with Crippen LogP contribution in [0.3, 0.4) is 0 Å². The molecule has 0 aliphatic rings. The highest BCUT2D eigenvalue weighted by Crippen LogP contribution is 2.21. The summed E-state index contributed by atoms with van der Waals surface area (Å²) in [5, 5.41) is 8.96. The summed E-state index contributed by atoms with van der Waals surface area (Å²) in [5.41, 5.74) is 2.30. The van der Waals surface area contributed by atoms with E-state index < -0.39 is 9.84 Å². The van der Waals surface area contributed by atoms with Crippen LogP contribution >= 0.6 is 11.8 Å². The first-order valence-electron chi connectivity index (χ1n) is 8.30. The molecule has 0 aliphatic carbocycles. The zero-order valence-corrected chi connectivity index (χ0v) is 16.4. The molecule has 136 valence electrons. The van der Waals surface area contributed by atoms with Gasteiger partial charge in [-0.25, -0.2) is 8.42 Å². The van der Waals surface area contributed by atoms with Crippen LogP contribution in [-0.4, -0.2) is 28.9 Å². The number of thioether (sulfide) groups is 1. The summed E-state index contributed by atoms with van der Waals surface area (Å²) < 4.78 is 26.9. The fourth-order valence-corrected chi connectivity index (χ4v) is 4.73. The molecule has 0 bridgehead atoms. The number of hydrogen-bond donors (Lipinski definition) is 0. The molecule has 0 unspecified atom stereocenters. The van der Waals surface area contributed by atoms with Crippen molar-refractivity contribution in [1.29, 1.82) is 0 Å². The first-order chi connectivity index (χ1) is 12.5. The molecule has 7 heteroatoms. The highest BCUT2D eigenvalue weighted by atomic mass is 32.2. The zero-order valence-electron chi connectivity index (χ0n) is 14.8. The number of aryl methyl sites for hydroxylation is 2. The van der Waals surface area contributed by atoms with Gasteiger partial charge in [0.2, 0.25) is 0 Å². The molecule has 1 heterocycles. The molecule has 0 amide bonds. The Balaban J connectivity index is 1.65. The minimum atomic E-state index is -3.44. The highest BCUT2D eigenvalue weighted by molar-refractivity contribution is 7.99. The minimum Gasteiger partial charge on any atom is -0.308 e. The summed E-state index contributed by atoms with van der Waals surface area (Å²) in [6, 6.07) is 17.1. The van der Waals surface area contributed by atoms with Crippen LogP contribution in [0.1, 0.15) is 17.0 Å². The lowest BCUT2D eigenvalue weighted by molar-refractivity contribution is 0.591. The molecule has 5 nitrogen and oxygen atoms in total. The molecule has 0 aliphatic heterocycles. The second-order valence-electron chi connectivity index (χ2n) is 6.11. The average molecular weight is 388 g/mol. The second kappa shape index (κ2) is 8.05. The summed E-state index contributed by atoms with van der Waals surface area (Å²) in [6.45, 7) is 1.93. The van der Waals surface area contributed by atoms with Gasteiger partial charge in [0.15, 0.2) is 15.0 Å². The summed E-state index contributed by atoms with van der Waals surface area (Å²) in [4.78, 5) is 0.310. The number of rotatable bonds is 7. The first kappa shape index (κ1) is 18.7. The highest BCUT2D eigenvalue weighted by Gasteiger charge is 2.20. The third kappa shape index (κ3) is 4.53. The van der Waals surface area contributed by atoms with E-state index in [1.165, 1.54) is 5.56 Å². The van der Waals surface area contributed by atoms with Gasteiger partial charge < -0.3 is 4.57 Å². The molecule has 26 heavy (non-hydrogen) atoms. The zero-order chi connectivity index (χ0) is 18.6. The van der Waals surface area contributed by atoms with Crippen LogP contribution in [0.15, 0.2) is 64.6 Å². The van der Waals surface area contributed by atoms with E-state index in [0.29, 0.717) is 10.7 Å². The van der Waals surface area contributed by atoms with E-state index in [1.807, 2.05) is 32.2 Å². The topological polar surface area (TPSA) is 64.8 Å². The minimum absolute atomic E-state index is 0.154. The summed E-state index contributed by atoms with van der Waals surface area (Å²) in [7, 11) is -1.62. The Morgan fingerprint density at radius 2 is 1.69 bits per heavy atom. The Kier molecular flexibility index (Phi) is 5.78. The fraction of sp³-hybridized carbons (Fsp3) is 0.263. The lowest BCUT2D eigenvalue weighted by Crippen LogP contribution is -2.10. The summed E-state index contributed by atoms with van der Waals surface area (Å²) in [6.07, 6.45) is 0.926. The number of nitrogens with zero attached hydrogens (tertiary/aromatic N) is 3. The largest absolute Gasteiger partial charge is 0.308 e. The average Bonchev–Trinajstić information content (AvgIpc) is 2.96. The molecule has 3 aromatic rings. The van der Waals surface area contributed by atoms with Crippen molar-refractivity contribution in [2.24, 2.45) is 7.05 Å². The molecule has 0 spiro atoms. The van der Waals surface area contributed by atoms with Crippen LogP contribution in [0.2, 0.25) is 0 Å². The van der Waals surface area contributed by atoms with Gasteiger partial charge in [-0.3, -0.25) is 0 Å². The van der Waals surface area contributed by atoms with Crippen molar-refractivity contribution in [2.45, 2.75) is 29.1 Å². The van der Waals surface area contributed by atoms with Crippen LogP contribution in [0.5, 0.6) is 0 Å². The maximum absolute atomic E-state index is 12.6. The predicted octanol–water partition coefficient (Wildman–Crippen LogP) is 3.43. The molecular formula is C19H21N3O2S2. The first-order valence-corrected chi connectivity index (χ1v) is 10.9. The van der Waals surface area contributed by atoms with Gasteiger partial charge in [0, 0.05) is 12.8 Å². The summed E-state index contributed by atoms with van der Waals surface area (Å²) in [5.74, 6) is 1.16. The van der Waals surface area contributed by atoms with Gasteiger partial charge in [0.1, 0.15) is 11.6 Å². The second-order valence-corrected chi connectivity index (χ2v) is 9.17. The van der Waals surface area contributed by atoms with Gasteiger partial charge in [0.05, 0.1) is 4.90 Å². The Hall–Kier alpha value is -2.12. The van der Waals surface area contributed by atoms with E-state index in [-0.39, 0.29) is 5.75 Å². The molecule has 1 aromatic heterocycles. The van der Waals surface area contributed by atoms with Crippen LogP contribution in [-0.2, 0) is 29.1 Å². The van der Waals surface area contributed by atoms with Gasteiger partial charge in [0.25, 0.3) is 0 Å². The quantitative estimate of drug-likeness (QED) is 0.581. The lowest BCUT2D eigenvalue weighted by atomic mass is 10.2. The van der Waals surface area contributed by atoms with Crippen LogP contribution in [0.4, 0.5) is 0 Å². The van der Waals surface area contributed by atoms with Gasteiger partial charge in [-0.05, 0) is 31.0 Å². The molecular weight excluding hydrogens is 366 g/mol. The van der Waals surface area contributed by atoms with E-state index >= 15 is 0 Å². The van der Waals surface area contributed by atoms with Crippen LogP contribution < -0.4 is 0 Å². The Morgan fingerprint density at radius 1 is 1.00 bits per heavy atom. The van der Waals surface area contributed by atoms with Crippen molar-refractivity contribution < 1.29 is 8.42 Å². The van der Waals surface area contributed by atoms with E-state index in [9.17, 15) is 8.42 Å². The van der Waals surface area contributed by atoms with E-state index in [4.69, 9.17) is 0 Å². The number of benzene rings is 2. The van der Waals surface area contributed by atoms with Crippen LogP contribution in [0.25, 0.3) is 0 Å². The molecule has 0 radical (unpaired) electrons. The normalized spacial score (nSPS) is 11.6. The van der Waals surface area contributed by atoms with Crippen LogP contribution in [0, 0.1) is 6.92 Å². The third-order valence-electron chi connectivity index (χ3n) is 4.09. The van der Waals surface area contributed by atoms with Crippen molar-refractivity contribution in [2.75, 3.05) is 5.75 Å². The molecule has 0 atom stereocenters. The molecule has 2 aromatic carbocycles. The molecule has 0 fully saturated rings. The maximum Gasteiger partial charge on any atom is 0.190 e. The Bertz CT molecular complexity index is 966. The lowest BCUT2D eigenvalue weighted by Gasteiger charge is -2.06. The van der Waals surface area contributed by atoms with Gasteiger partial charge >= 0.3 is 0 Å². The molecule has 0 N–H and O–H groups in total. The molecule has 0 saturated heterocycles. The molecule has 0 saturated carbocycles. The van der Waals surface area contributed by atoms with Crippen molar-refractivity contribution in [1.82, 2.24) is 14.8 Å². The smallest absolute Gasteiger partial charge is 0.190 e. The van der Waals surface area contributed by atoms with Gasteiger partial charge in [-0.1, -0.05) is 59.8 Å². The fourth-order valence-electron chi connectivity index (χ4n) is 2.50. The van der Waals surface area contributed by atoms with Gasteiger partial charge in [-0.2, -0.15) is 0 Å². The summed E-state index contributed by atoms with van der Waals surface area (Å²) >= 11 is 1.58. The van der Waals surface area contributed by atoms with Crippen molar-refractivity contribution in [3.63, 3.8) is 0 Å². The van der Waals surface area contributed by atoms with Crippen molar-refractivity contribution >= 4 is 21.6 Å². The third-order valence-corrected chi connectivity index (χ3v) is 6.74.